The molecule has 0 spiro atoms. The maximum atomic E-state index is 11.4. The molecule has 94 valence electrons. The molecule has 1 aromatic rings. The lowest BCUT2D eigenvalue weighted by Gasteiger charge is -2.10. The summed E-state index contributed by atoms with van der Waals surface area (Å²) >= 11 is 0. The summed E-state index contributed by atoms with van der Waals surface area (Å²) in [5.74, 6) is 0. The molecule has 0 saturated carbocycles. The molecule has 0 bridgehead atoms. The second-order valence-electron chi connectivity index (χ2n) is 3.72. The highest BCUT2D eigenvalue weighted by molar-refractivity contribution is 5.84. The first kappa shape index (κ1) is 13.5. The third-order valence-electron chi connectivity index (χ3n) is 2.44. The summed E-state index contributed by atoms with van der Waals surface area (Å²) in [4.78, 5) is 11.4. The Hall–Kier alpha value is -1.55. The number of nitrogens with one attached hydrogen (secondary N) is 1. The molecular formula is C13H19NO3. The third kappa shape index (κ3) is 4.44. The molecule has 0 aliphatic carbocycles. The molecule has 4 nitrogen and oxygen atoms in total. The molecule has 1 aliphatic rings. The highest BCUT2D eigenvalue weighted by atomic mass is 16.6. The van der Waals surface area contributed by atoms with Crippen LogP contribution in [0.2, 0.25) is 0 Å². The molecule has 0 radical (unpaired) electrons. The lowest BCUT2D eigenvalue weighted by Crippen LogP contribution is -2.21. The molecule has 1 amide bonds. The fourth-order valence-corrected chi connectivity index (χ4v) is 1.62. The van der Waals surface area contributed by atoms with Crippen molar-refractivity contribution in [2.75, 3.05) is 18.5 Å². The van der Waals surface area contributed by atoms with Crippen molar-refractivity contribution in [3.05, 3.63) is 30.3 Å². The van der Waals surface area contributed by atoms with Crippen molar-refractivity contribution in [2.24, 2.45) is 0 Å². The van der Waals surface area contributed by atoms with Crippen molar-refractivity contribution in [1.82, 2.24) is 0 Å². The van der Waals surface area contributed by atoms with Crippen molar-refractivity contribution in [1.29, 1.82) is 0 Å². The number of para-hydroxylation sites is 1. The molecule has 1 unspecified atom stereocenters. The summed E-state index contributed by atoms with van der Waals surface area (Å²) in [6.45, 7) is 1.10. The van der Waals surface area contributed by atoms with E-state index in [1.807, 2.05) is 30.3 Å². The summed E-state index contributed by atoms with van der Waals surface area (Å²) in [7, 11) is 0. The van der Waals surface area contributed by atoms with Gasteiger partial charge in [0.05, 0.1) is 6.10 Å². The summed E-state index contributed by atoms with van der Waals surface area (Å²) in [5.41, 5.74) is 0.736. The molecule has 1 aliphatic heterocycles. The third-order valence-corrected chi connectivity index (χ3v) is 2.44. The van der Waals surface area contributed by atoms with Crippen LogP contribution in [0.3, 0.4) is 0 Å². The molecule has 1 heterocycles. The lowest BCUT2D eigenvalue weighted by atomic mass is 10.2. The minimum absolute atomic E-state index is 0. The summed E-state index contributed by atoms with van der Waals surface area (Å²) in [5, 5.41) is 2.65. The van der Waals surface area contributed by atoms with Crippen LogP contribution in [0.15, 0.2) is 30.3 Å². The Balaban J connectivity index is 0.00000144. The molecule has 1 atom stereocenters. The van der Waals surface area contributed by atoms with E-state index in [9.17, 15) is 4.79 Å². The first-order valence-corrected chi connectivity index (χ1v) is 5.45. The summed E-state index contributed by atoms with van der Waals surface area (Å²) in [6, 6.07) is 9.23. The predicted molar refractivity (Wildman–Crippen MR) is 67.1 cm³/mol. The topological polar surface area (TPSA) is 47.6 Å². The Morgan fingerprint density at radius 3 is 2.82 bits per heavy atom. The van der Waals surface area contributed by atoms with Gasteiger partial charge in [0, 0.05) is 12.3 Å². The van der Waals surface area contributed by atoms with E-state index in [4.69, 9.17) is 9.47 Å². The molecule has 1 N–H and O–H groups in total. The Bertz CT molecular complexity index is 334. The van der Waals surface area contributed by atoms with E-state index in [0.717, 1.165) is 25.1 Å². The number of ether oxygens (including phenoxy) is 2. The van der Waals surface area contributed by atoms with Crippen LogP contribution in [0.5, 0.6) is 0 Å². The Labute approximate surface area is 102 Å². The van der Waals surface area contributed by atoms with Gasteiger partial charge in [-0.25, -0.2) is 4.79 Å². The first-order chi connectivity index (χ1) is 7.84. The van der Waals surface area contributed by atoms with Crippen LogP contribution in [0.4, 0.5) is 10.5 Å². The van der Waals surface area contributed by atoms with Gasteiger partial charge < -0.3 is 9.47 Å². The molecule has 1 fully saturated rings. The molecule has 4 heteroatoms. The minimum Gasteiger partial charge on any atom is -0.447 e. The van der Waals surface area contributed by atoms with Gasteiger partial charge in [0.25, 0.3) is 0 Å². The molecule has 2 rings (SSSR count). The largest absolute Gasteiger partial charge is 0.447 e. The number of rotatable bonds is 3. The zero-order valence-corrected chi connectivity index (χ0v) is 9.02. The number of amides is 1. The van der Waals surface area contributed by atoms with Crippen molar-refractivity contribution in [3.63, 3.8) is 0 Å². The lowest BCUT2D eigenvalue weighted by molar-refractivity contribution is 0.0484. The van der Waals surface area contributed by atoms with Gasteiger partial charge in [-0.2, -0.15) is 0 Å². The van der Waals surface area contributed by atoms with Gasteiger partial charge in [0.2, 0.25) is 0 Å². The maximum Gasteiger partial charge on any atom is 0.411 e. The first-order valence-electron chi connectivity index (χ1n) is 5.45. The zero-order chi connectivity index (χ0) is 11.2. The molecule has 1 aromatic carbocycles. The van der Waals surface area contributed by atoms with Crippen LogP contribution >= 0.6 is 0 Å². The number of carbonyl (C=O) groups excluding carboxylic acids is 1. The highest BCUT2D eigenvalue weighted by Crippen LogP contribution is 2.12. The average Bonchev–Trinajstić information content (AvgIpc) is 2.81. The van der Waals surface area contributed by atoms with Crippen LogP contribution in [0.1, 0.15) is 20.3 Å². The molecule has 1 saturated heterocycles. The van der Waals surface area contributed by atoms with Crippen LogP contribution < -0.4 is 5.32 Å². The smallest absolute Gasteiger partial charge is 0.411 e. The summed E-state index contributed by atoms with van der Waals surface area (Å²) in [6.07, 6.45) is 1.66. The van der Waals surface area contributed by atoms with E-state index in [2.05, 4.69) is 5.32 Å². The zero-order valence-electron chi connectivity index (χ0n) is 9.02. The Kier molecular flexibility index (Phi) is 5.49. The van der Waals surface area contributed by atoms with Crippen molar-refractivity contribution in [3.8, 4) is 0 Å². The van der Waals surface area contributed by atoms with E-state index in [1.54, 1.807) is 0 Å². The number of anilines is 1. The summed E-state index contributed by atoms with van der Waals surface area (Å²) < 4.78 is 10.4. The molecule has 0 aromatic heterocycles. The molecule has 17 heavy (non-hydrogen) atoms. The second kappa shape index (κ2) is 6.91. The van der Waals surface area contributed by atoms with Gasteiger partial charge >= 0.3 is 6.09 Å². The number of hydrogen-bond acceptors (Lipinski definition) is 3. The quantitative estimate of drug-likeness (QED) is 0.878. The van der Waals surface area contributed by atoms with E-state index >= 15 is 0 Å². The monoisotopic (exact) mass is 237 g/mol. The van der Waals surface area contributed by atoms with Gasteiger partial charge in [0.15, 0.2) is 0 Å². The van der Waals surface area contributed by atoms with Crippen LogP contribution in [-0.2, 0) is 9.47 Å². The van der Waals surface area contributed by atoms with Gasteiger partial charge in [0.1, 0.15) is 6.61 Å². The van der Waals surface area contributed by atoms with E-state index in [0.29, 0.717) is 6.61 Å². The minimum atomic E-state index is -0.429. The van der Waals surface area contributed by atoms with Crippen LogP contribution in [-0.4, -0.2) is 25.4 Å². The number of hydrogen-bond donors (Lipinski definition) is 1. The van der Waals surface area contributed by atoms with Gasteiger partial charge in [-0.05, 0) is 25.0 Å². The van der Waals surface area contributed by atoms with Gasteiger partial charge in [-0.15, -0.1) is 0 Å². The molecular weight excluding hydrogens is 218 g/mol. The second-order valence-corrected chi connectivity index (χ2v) is 3.72. The van der Waals surface area contributed by atoms with Gasteiger partial charge in [-0.1, -0.05) is 25.6 Å². The predicted octanol–water partition coefficient (Wildman–Crippen LogP) is 3.05. The normalized spacial score (nSPS) is 18.2. The van der Waals surface area contributed by atoms with Crippen LogP contribution in [0.25, 0.3) is 0 Å². The average molecular weight is 237 g/mol. The standard InChI is InChI=1S/C12H15NO3.CH4/c14-12(13-10-5-2-1-3-6-10)16-9-11-7-4-8-15-11;/h1-3,5-6,11H,4,7-9H2,(H,13,14);1H4. The number of carbonyl (C=O) groups is 1. The van der Waals surface area contributed by atoms with Crippen LogP contribution in [0, 0.1) is 0 Å². The van der Waals surface area contributed by atoms with Crippen molar-refractivity contribution >= 4 is 11.8 Å². The van der Waals surface area contributed by atoms with E-state index in [-0.39, 0.29) is 13.5 Å². The SMILES string of the molecule is C.O=C(Nc1ccccc1)OCC1CCCO1. The van der Waals surface area contributed by atoms with Gasteiger partial charge in [-0.3, -0.25) is 5.32 Å². The fourth-order valence-electron chi connectivity index (χ4n) is 1.62. The van der Waals surface area contributed by atoms with Crippen molar-refractivity contribution < 1.29 is 14.3 Å². The Morgan fingerprint density at radius 1 is 1.41 bits per heavy atom. The van der Waals surface area contributed by atoms with Crippen molar-refractivity contribution in [2.45, 2.75) is 26.4 Å². The highest BCUT2D eigenvalue weighted by Gasteiger charge is 2.17. The number of benzene rings is 1. The maximum absolute atomic E-state index is 11.4. The van der Waals surface area contributed by atoms with E-state index < -0.39 is 6.09 Å². The Morgan fingerprint density at radius 2 is 2.18 bits per heavy atom. The van der Waals surface area contributed by atoms with E-state index in [1.165, 1.54) is 0 Å². The fraction of sp³-hybridized carbons (Fsp3) is 0.462.